The molecule has 20 heavy (non-hydrogen) atoms. The summed E-state index contributed by atoms with van der Waals surface area (Å²) in [6.45, 7) is 7.16. The molecule has 0 spiro atoms. The van der Waals surface area contributed by atoms with E-state index in [1.54, 1.807) is 32.9 Å². The molecule has 1 amide bonds. The van der Waals surface area contributed by atoms with Crippen molar-refractivity contribution in [3.8, 4) is 0 Å². The van der Waals surface area contributed by atoms with Gasteiger partial charge in [-0.2, -0.15) is 0 Å². The summed E-state index contributed by atoms with van der Waals surface area (Å²) >= 11 is 0. The summed E-state index contributed by atoms with van der Waals surface area (Å²) in [7, 11) is 0. The van der Waals surface area contributed by atoms with Crippen LogP contribution in [0.2, 0.25) is 0 Å². The Morgan fingerprint density at radius 2 is 1.80 bits per heavy atom. The van der Waals surface area contributed by atoms with E-state index in [0.29, 0.717) is 5.56 Å². The first-order valence-corrected chi connectivity index (χ1v) is 6.43. The van der Waals surface area contributed by atoms with E-state index in [1.807, 2.05) is 19.1 Å². The van der Waals surface area contributed by atoms with Gasteiger partial charge in [0.25, 0.3) is 0 Å². The van der Waals surface area contributed by atoms with Crippen molar-refractivity contribution in [2.45, 2.75) is 45.8 Å². The minimum atomic E-state index is -1.23. The maximum atomic E-state index is 11.7. The second kappa shape index (κ2) is 6.41. The normalized spacial score (nSPS) is 12.6. The van der Waals surface area contributed by atoms with Crippen LogP contribution >= 0.6 is 0 Å². The molecule has 1 rings (SSSR count). The van der Waals surface area contributed by atoms with Gasteiger partial charge >= 0.3 is 6.09 Å². The van der Waals surface area contributed by atoms with E-state index in [2.05, 4.69) is 5.32 Å². The molecule has 0 aliphatic carbocycles. The van der Waals surface area contributed by atoms with E-state index in [0.717, 1.165) is 5.56 Å². The van der Waals surface area contributed by atoms with Gasteiger partial charge in [0, 0.05) is 12.4 Å². The van der Waals surface area contributed by atoms with Crippen molar-refractivity contribution in [1.29, 1.82) is 0 Å². The van der Waals surface area contributed by atoms with E-state index < -0.39 is 23.7 Å². The van der Waals surface area contributed by atoms with Crippen molar-refractivity contribution in [1.82, 2.24) is 5.32 Å². The fourth-order valence-electron chi connectivity index (χ4n) is 1.67. The van der Waals surface area contributed by atoms with Gasteiger partial charge in [-0.15, -0.1) is 0 Å². The van der Waals surface area contributed by atoms with Gasteiger partial charge in [-0.1, -0.05) is 29.8 Å². The Kier molecular flexibility index (Phi) is 5.13. The minimum absolute atomic E-state index is 0.303. The first-order valence-electron chi connectivity index (χ1n) is 6.43. The van der Waals surface area contributed by atoms with Crippen LogP contribution in [0.4, 0.5) is 4.79 Å². The number of rotatable bonds is 4. The zero-order valence-electron chi connectivity index (χ0n) is 12.2. The molecule has 0 saturated heterocycles. The van der Waals surface area contributed by atoms with Gasteiger partial charge in [-0.25, -0.2) is 4.79 Å². The number of carbonyl (C=O) groups excluding carboxylic acids is 2. The van der Waals surface area contributed by atoms with Crippen molar-refractivity contribution < 1.29 is 19.4 Å². The number of alkyl carbamates (subject to hydrolysis) is 1. The highest BCUT2D eigenvalue weighted by molar-refractivity contribution is 5.71. The first-order chi connectivity index (χ1) is 9.17. The molecule has 0 fully saturated rings. The summed E-state index contributed by atoms with van der Waals surface area (Å²) < 4.78 is 5.13. The Morgan fingerprint density at radius 3 is 2.25 bits per heavy atom. The molecule has 0 heterocycles. The molecule has 0 radical (unpaired) electrons. The Morgan fingerprint density at radius 1 is 1.25 bits per heavy atom. The Hall–Kier alpha value is -2.04. The van der Waals surface area contributed by atoms with Crippen LogP contribution in [0.3, 0.4) is 0 Å². The number of ether oxygens (including phenoxy) is 1. The molecule has 1 aromatic rings. The Labute approximate surface area is 118 Å². The highest BCUT2D eigenvalue weighted by Gasteiger charge is 2.20. The molecule has 5 nitrogen and oxygen atoms in total. The first kappa shape index (κ1) is 16.0. The molecule has 110 valence electrons. The zero-order chi connectivity index (χ0) is 15.3. The van der Waals surface area contributed by atoms with Crippen molar-refractivity contribution >= 4 is 12.1 Å². The fourth-order valence-corrected chi connectivity index (χ4v) is 1.67. The molecule has 0 aromatic heterocycles. The zero-order valence-corrected chi connectivity index (χ0v) is 12.2. The van der Waals surface area contributed by atoms with Crippen LogP contribution in [0.25, 0.3) is 0 Å². The number of carboxylic acids is 1. The summed E-state index contributed by atoms with van der Waals surface area (Å²) in [6.07, 6.45) is -0.952. The molecule has 0 unspecified atom stereocenters. The van der Waals surface area contributed by atoms with Crippen LogP contribution in [-0.4, -0.2) is 17.7 Å². The highest BCUT2D eigenvalue weighted by Crippen LogP contribution is 2.18. The number of benzene rings is 1. The van der Waals surface area contributed by atoms with Crippen LogP contribution < -0.4 is 10.4 Å². The summed E-state index contributed by atoms with van der Waals surface area (Å²) in [4.78, 5) is 22.6. The number of hydrogen-bond acceptors (Lipinski definition) is 4. The molecule has 0 aliphatic heterocycles. The molecule has 1 aromatic carbocycles. The average molecular weight is 278 g/mol. The largest absolute Gasteiger partial charge is 0.550 e. The number of carboxylic acid groups (broad SMARTS) is 1. The maximum absolute atomic E-state index is 11.7. The number of nitrogens with one attached hydrogen (secondary N) is 1. The summed E-state index contributed by atoms with van der Waals surface area (Å²) in [6, 6.07) is 6.60. The van der Waals surface area contributed by atoms with Gasteiger partial charge in [0.15, 0.2) is 0 Å². The van der Waals surface area contributed by atoms with Crippen LogP contribution in [0.5, 0.6) is 0 Å². The third-order valence-corrected chi connectivity index (χ3v) is 2.54. The van der Waals surface area contributed by atoms with E-state index in [-0.39, 0.29) is 6.42 Å². The molecule has 1 N–H and O–H groups in total. The van der Waals surface area contributed by atoms with Crippen molar-refractivity contribution in [3.05, 3.63) is 35.4 Å². The van der Waals surface area contributed by atoms with Gasteiger partial charge < -0.3 is 20.0 Å². The van der Waals surface area contributed by atoms with Gasteiger partial charge in [0.1, 0.15) is 5.60 Å². The molecular formula is C15H20NO4-. The van der Waals surface area contributed by atoms with Gasteiger partial charge in [0.2, 0.25) is 0 Å². The lowest BCUT2D eigenvalue weighted by atomic mass is 10.0. The van der Waals surface area contributed by atoms with E-state index in [1.165, 1.54) is 0 Å². The number of carbonyl (C=O) groups is 2. The van der Waals surface area contributed by atoms with E-state index in [4.69, 9.17) is 4.74 Å². The van der Waals surface area contributed by atoms with Gasteiger partial charge in [-0.3, -0.25) is 0 Å². The quantitative estimate of drug-likeness (QED) is 0.909. The topological polar surface area (TPSA) is 78.5 Å². The van der Waals surface area contributed by atoms with Crippen LogP contribution in [0, 0.1) is 6.92 Å². The van der Waals surface area contributed by atoms with Crippen molar-refractivity contribution in [2.75, 3.05) is 0 Å². The summed E-state index contributed by atoms with van der Waals surface area (Å²) in [5.74, 6) is -1.23. The van der Waals surface area contributed by atoms with Crippen molar-refractivity contribution in [3.63, 3.8) is 0 Å². The third-order valence-electron chi connectivity index (χ3n) is 2.54. The highest BCUT2D eigenvalue weighted by atomic mass is 16.6. The summed E-state index contributed by atoms with van der Waals surface area (Å²) in [5, 5.41) is 13.4. The molecule has 5 heteroatoms. The fraction of sp³-hybridized carbons (Fsp3) is 0.467. The minimum Gasteiger partial charge on any atom is -0.550 e. The lowest BCUT2D eigenvalue weighted by Gasteiger charge is -2.24. The Balaban J connectivity index is 2.82. The second-order valence-electron chi connectivity index (χ2n) is 5.69. The molecule has 0 bridgehead atoms. The monoisotopic (exact) mass is 278 g/mol. The van der Waals surface area contributed by atoms with Crippen LogP contribution in [-0.2, 0) is 9.53 Å². The van der Waals surface area contributed by atoms with Crippen LogP contribution in [0.15, 0.2) is 24.3 Å². The van der Waals surface area contributed by atoms with Gasteiger partial charge in [0.05, 0.1) is 6.04 Å². The molecule has 0 aliphatic rings. The SMILES string of the molecule is Cc1ccc([C@@H](CC(=O)[O-])NC(=O)OC(C)(C)C)cc1. The van der Waals surface area contributed by atoms with Crippen molar-refractivity contribution in [2.24, 2.45) is 0 Å². The van der Waals surface area contributed by atoms with Crippen LogP contribution in [0.1, 0.15) is 44.4 Å². The maximum Gasteiger partial charge on any atom is 0.408 e. The Bertz CT molecular complexity index is 474. The smallest absolute Gasteiger partial charge is 0.408 e. The number of aliphatic carboxylic acids is 1. The number of amides is 1. The van der Waals surface area contributed by atoms with E-state index in [9.17, 15) is 14.7 Å². The molecule has 0 saturated carbocycles. The standard InChI is InChI=1S/C15H21NO4/c1-10-5-7-11(8-6-10)12(9-13(17)18)16-14(19)20-15(2,3)4/h5-8,12H,9H2,1-4H3,(H,16,19)(H,17,18)/p-1/t12-/m1/s1. The predicted octanol–water partition coefficient (Wildman–Crippen LogP) is 1.70. The van der Waals surface area contributed by atoms with E-state index >= 15 is 0 Å². The number of aryl methyl sites for hydroxylation is 1. The lowest BCUT2D eigenvalue weighted by molar-refractivity contribution is -0.306. The third kappa shape index (κ3) is 5.73. The lowest BCUT2D eigenvalue weighted by Crippen LogP contribution is -2.37. The molecule has 1 atom stereocenters. The second-order valence-corrected chi connectivity index (χ2v) is 5.69. The summed E-state index contributed by atoms with van der Waals surface area (Å²) in [5.41, 5.74) is 1.12. The molecular weight excluding hydrogens is 258 g/mol. The average Bonchev–Trinajstić information content (AvgIpc) is 2.25. The number of hydrogen-bond donors (Lipinski definition) is 1. The van der Waals surface area contributed by atoms with Gasteiger partial charge in [-0.05, 0) is 33.3 Å². The predicted molar refractivity (Wildman–Crippen MR) is 72.9 cm³/mol.